The Morgan fingerprint density at radius 2 is 2.33 bits per heavy atom. The van der Waals surface area contributed by atoms with Crippen molar-refractivity contribution in [3.8, 4) is 0 Å². The lowest BCUT2D eigenvalue weighted by atomic mass is 10.1. The number of hydrogen-bond donors (Lipinski definition) is 2. The molecule has 2 rings (SSSR count). The first kappa shape index (κ1) is 12.9. The van der Waals surface area contributed by atoms with Crippen LogP contribution in [0, 0.1) is 6.92 Å². The highest BCUT2D eigenvalue weighted by Gasteiger charge is 2.13. The first-order valence-electron chi connectivity index (χ1n) is 6.36. The van der Waals surface area contributed by atoms with Crippen molar-refractivity contribution in [3.05, 3.63) is 29.3 Å². The molecule has 0 spiro atoms. The van der Waals surface area contributed by atoms with Crippen LogP contribution in [0.4, 0.5) is 5.69 Å². The van der Waals surface area contributed by atoms with Gasteiger partial charge in [-0.1, -0.05) is 0 Å². The van der Waals surface area contributed by atoms with Crippen molar-refractivity contribution in [2.75, 3.05) is 18.5 Å². The van der Waals surface area contributed by atoms with E-state index in [1.54, 1.807) is 12.1 Å². The number of nitrogens with one attached hydrogen (secondary N) is 1. The highest BCUT2D eigenvalue weighted by Crippen LogP contribution is 2.17. The minimum atomic E-state index is -0.880. The molecule has 1 fully saturated rings. The second-order valence-corrected chi connectivity index (χ2v) is 4.70. The van der Waals surface area contributed by atoms with Crippen molar-refractivity contribution in [2.45, 2.75) is 32.3 Å². The Morgan fingerprint density at radius 1 is 1.50 bits per heavy atom. The predicted octanol–water partition coefficient (Wildman–Crippen LogP) is 2.67. The van der Waals surface area contributed by atoms with Gasteiger partial charge in [-0.3, -0.25) is 0 Å². The molecule has 1 aliphatic rings. The van der Waals surface area contributed by atoms with Crippen molar-refractivity contribution in [1.82, 2.24) is 0 Å². The van der Waals surface area contributed by atoms with Gasteiger partial charge in [0.1, 0.15) is 0 Å². The molecule has 1 saturated heterocycles. The van der Waals surface area contributed by atoms with E-state index in [2.05, 4.69) is 5.32 Å². The summed E-state index contributed by atoms with van der Waals surface area (Å²) in [6, 6.07) is 5.31. The third-order valence-corrected chi connectivity index (χ3v) is 3.26. The molecule has 4 heteroatoms. The highest BCUT2D eigenvalue weighted by molar-refractivity contribution is 5.89. The van der Waals surface area contributed by atoms with E-state index in [9.17, 15) is 4.79 Å². The van der Waals surface area contributed by atoms with Crippen LogP contribution in [0.5, 0.6) is 0 Å². The number of carboxylic acids is 1. The van der Waals surface area contributed by atoms with Crippen molar-refractivity contribution in [1.29, 1.82) is 0 Å². The number of ether oxygens (including phenoxy) is 1. The summed E-state index contributed by atoms with van der Waals surface area (Å²) in [4.78, 5) is 10.9. The van der Waals surface area contributed by atoms with Gasteiger partial charge in [-0.15, -0.1) is 0 Å². The maximum Gasteiger partial charge on any atom is 0.335 e. The maximum atomic E-state index is 10.9. The van der Waals surface area contributed by atoms with Gasteiger partial charge in [0.2, 0.25) is 0 Å². The molecule has 0 radical (unpaired) electrons. The fourth-order valence-electron chi connectivity index (χ4n) is 2.21. The van der Waals surface area contributed by atoms with Gasteiger partial charge in [0.05, 0.1) is 11.7 Å². The Morgan fingerprint density at radius 3 is 2.94 bits per heavy atom. The Hall–Kier alpha value is -1.55. The molecular weight excluding hydrogens is 230 g/mol. The van der Waals surface area contributed by atoms with E-state index in [0.717, 1.165) is 37.2 Å². The van der Waals surface area contributed by atoms with Gasteiger partial charge in [-0.2, -0.15) is 0 Å². The number of anilines is 1. The molecule has 1 aliphatic heterocycles. The van der Waals surface area contributed by atoms with Crippen LogP contribution in [0.25, 0.3) is 0 Å². The van der Waals surface area contributed by atoms with Crippen LogP contribution in [0.2, 0.25) is 0 Å². The summed E-state index contributed by atoms with van der Waals surface area (Å²) in [5.41, 5.74) is 2.08. The van der Waals surface area contributed by atoms with Crippen LogP contribution in [0.1, 0.15) is 35.2 Å². The minimum absolute atomic E-state index is 0.276. The van der Waals surface area contributed by atoms with E-state index in [1.807, 2.05) is 13.0 Å². The van der Waals surface area contributed by atoms with E-state index >= 15 is 0 Å². The number of carboxylic acid groups (broad SMARTS) is 1. The Bertz CT molecular complexity index is 425. The van der Waals surface area contributed by atoms with Gasteiger partial charge in [0.25, 0.3) is 0 Å². The van der Waals surface area contributed by atoms with Gasteiger partial charge in [-0.05, 0) is 49.9 Å². The molecule has 0 amide bonds. The number of aryl methyl sites for hydroxylation is 1. The van der Waals surface area contributed by atoms with E-state index in [0.29, 0.717) is 5.56 Å². The van der Waals surface area contributed by atoms with Gasteiger partial charge < -0.3 is 15.2 Å². The molecule has 0 bridgehead atoms. The summed E-state index contributed by atoms with van der Waals surface area (Å²) in [5.74, 6) is -0.880. The topological polar surface area (TPSA) is 58.6 Å². The average molecular weight is 249 g/mol. The maximum absolute atomic E-state index is 10.9. The number of aromatic carboxylic acids is 1. The van der Waals surface area contributed by atoms with Crippen LogP contribution in [-0.4, -0.2) is 30.3 Å². The van der Waals surface area contributed by atoms with Gasteiger partial charge in [-0.25, -0.2) is 4.79 Å². The summed E-state index contributed by atoms with van der Waals surface area (Å²) < 4.78 is 5.64. The van der Waals surface area contributed by atoms with Crippen molar-refractivity contribution in [2.24, 2.45) is 0 Å². The zero-order valence-corrected chi connectivity index (χ0v) is 10.6. The summed E-state index contributed by atoms with van der Waals surface area (Å²) in [6.45, 7) is 3.45. The number of rotatable bonds is 4. The predicted molar refractivity (Wildman–Crippen MR) is 70.2 cm³/mol. The SMILES string of the molecule is Cc1cc(NCC2CCCCO2)ccc1C(=O)O. The Labute approximate surface area is 107 Å². The van der Waals surface area contributed by atoms with Crippen LogP contribution in [0.3, 0.4) is 0 Å². The molecule has 0 aromatic heterocycles. The second kappa shape index (κ2) is 5.87. The van der Waals surface area contributed by atoms with Gasteiger partial charge >= 0.3 is 5.97 Å². The second-order valence-electron chi connectivity index (χ2n) is 4.70. The van der Waals surface area contributed by atoms with E-state index in [4.69, 9.17) is 9.84 Å². The molecule has 1 unspecified atom stereocenters. The van der Waals surface area contributed by atoms with E-state index in [1.165, 1.54) is 6.42 Å². The summed E-state index contributed by atoms with van der Waals surface area (Å²) in [5, 5.41) is 12.3. The first-order chi connectivity index (χ1) is 8.66. The third-order valence-electron chi connectivity index (χ3n) is 3.26. The molecule has 1 aromatic carbocycles. The van der Waals surface area contributed by atoms with Crippen LogP contribution >= 0.6 is 0 Å². The Kier molecular flexibility index (Phi) is 4.20. The van der Waals surface area contributed by atoms with Crippen molar-refractivity contribution < 1.29 is 14.6 Å². The van der Waals surface area contributed by atoms with Crippen LogP contribution in [-0.2, 0) is 4.74 Å². The fraction of sp³-hybridized carbons (Fsp3) is 0.500. The monoisotopic (exact) mass is 249 g/mol. The molecule has 1 atom stereocenters. The molecule has 4 nitrogen and oxygen atoms in total. The number of carbonyl (C=O) groups is 1. The lowest BCUT2D eigenvalue weighted by Crippen LogP contribution is -2.27. The quantitative estimate of drug-likeness (QED) is 0.861. The van der Waals surface area contributed by atoms with Crippen LogP contribution in [0.15, 0.2) is 18.2 Å². The summed E-state index contributed by atoms with van der Waals surface area (Å²) in [6.07, 6.45) is 3.75. The van der Waals surface area contributed by atoms with Crippen LogP contribution < -0.4 is 5.32 Å². The minimum Gasteiger partial charge on any atom is -0.478 e. The third kappa shape index (κ3) is 3.23. The summed E-state index contributed by atoms with van der Waals surface area (Å²) in [7, 11) is 0. The standard InChI is InChI=1S/C14H19NO3/c1-10-8-11(5-6-13(10)14(16)17)15-9-12-4-2-3-7-18-12/h5-6,8,12,15H,2-4,7,9H2,1H3,(H,16,17). The molecule has 98 valence electrons. The zero-order valence-electron chi connectivity index (χ0n) is 10.6. The number of hydrogen-bond acceptors (Lipinski definition) is 3. The van der Waals surface area contributed by atoms with Gasteiger partial charge in [0.15, 0.2) is 0 Å². The summed E-state index contributed by atoms with van der Waals surface area (Å²) >= 11 is 0. The normalized spacial score (nSPS) is 19.5. The first-order valence-corrected chi connectivity index (χ1v) is 6.36. The lowest BCUT2D eigenvalue weighted by molar-refractivity contribution is 0.0247. The molecule has 1 aromatic rings. The van der Waals surface area contributed by atoms with E-state index in [-0.39, 0.29) is 6.10 Å². The van der Waals surface area contributed by atoms with Crippen molar-refractivity contribution in [3.63, 3.8) is 0 Å². The molecule has 0 aliphatic carbocycles. The average Bonchev–Trinajstić information content (AvgIpc) is 2.37. The largest absolute Gasteiger partial charge is 0.478 e. The highest BCUT2D eigenvalue weighted by atomic mass is 16.5. The Balaban J connectivity index is 1.93. The van der Waals surface area contributed by atoms with Gasteiger partial charge in [0, 0.05) is 18.8 Å². The molecular formula is C14H19NO3. The van der Waals surface area contributed by atoms with E-state index < -0.39 is 5.97 Å². The molecule has 2 N–H and O–H groups in total. The lowest BCUT2D eigenvalue weighted by Gasteiger charge is -2.23. The van der Waals surface area contributed by atoms with Crippen molar-refractivity contribution >= 4 is 11.7 Å². The smallest absolute Gasteiger partial charge is 0.335 e. The molecule has 0 saturated carbocycles. The fourth-order valence-corrected chi connectivity index (χ4v) is 2.21. The zero-order chi connectivity index (χ0) is 13.0. The molecule has 1 heterocycles. The number of benzene rings is 1. The molecule has 18 heavy (non-hydrogen) atoms.